The number of rotatable bonds is 6. The fourth-order valence-electron chi connectivity index (χ4n) is 2.89. The van der Waals surface area contributed by atoms with Crippen LogP contribution in [0.1, 0.15) is 20.3 Å². The van der Waals surface area contributed by atoms with Gasteiger partial charge in [-0.2, -0.15) is 0 Å². The van der Waals surface area contributed by atoms with E-state index in [1.807, 2.05) is 32.0 Å². The van der Waals surface area contributed by atoms with Gasteiger partial charge in [0.1, 0.15) is 5.75 Å². The molecule has 0 unspecified atom stereocenters. The number of anilines is 1. The Hall–Kier alpha value is -2.28. The maximum absolute atomic E-state index is 12.0. The summed E-state index contributed by atoms with van der Waals surface area (Å²) < 4.78 is 5.42. The van der Waals surface area contributed by atoms with E-state index in [-0.39, 0.29) is 11.9 Å². The van der Waals surface area contributed by atoms with E-state index >= 15 is 0 Å². The third-order valence-corrected chi connectivity index (χ3v) is 4.55. The van der Waals surface area contributed by atoms with E-state index in [0.29, 0.717) is 6.54 Å². The van der Waals surface area contributed by atoms with Gasteiger partial charge in [0, 0.05) is 6.04 Å². The van der Waals surface area contributed by atoms with Crippen LogP contribution in [-0.4, -0.2) is 57.8 Å². The zero-order valence-electron chi connectivity index (χ0n) is 15.3. The quantitative estimate of drug-likeness (QED) is 0.677. The van der Waals surface area contributed by atoms with E-state index in [0.717, 1.165) is 44.0 Å². The number of imide groups is 1. The molecule has 7 nitrogen and oxygen atoms in total. The van der Waals surface area contributed by atoms with Crippen molar-refractivity contribution in [3.63, 3.8) is 0 Å². The number of carbonyl (C=O) groups excluding carboxylic acids is 2. The summed E-state index contributed by atoms with van der Waals surface area (Å²) in [4.78, 5) is 27.2. The average Bonchev–Trinajstić information content (AvgIpc) is 2.62. The van der Waals surface area contributed by atoms with Crippen LogP contribution in [-0.2, 0) is 4.79 Å². The molecule has 0 bridgehead atoms. The molecule has 0 aromatic heterocycles. The number of nitrogens with one attached hydrogen (secondary N) is 3. The Labute approximate surface area is 149 Å². The number of nitrogens with zero attached hydrogens (tertiary/aromatic N) is 1. The molecule has 7 heteroatoms. The summed E-state index contributed by atoms with van der Waals surface area (Å²) in [5.74, 6) is 0.631. The van der Waals surface area contributed by atoms with Gasteiger partial charge in [-0.05, 0) is 25.5 Å². The van der Waals surface area contributed by atoms with Crippen LogP contribution in [0, 0.1) is 0 Å². The van der Waals surface area contributed by atoms with Gasteiger partial charge in [0.2, 0.25) is 0 Å². The van der Waals surface area contributed by atoms with Gasteiger partial charge < -0.3 is 19.9 Å². The van der Waals surface area contributed by atoms with Crippen LogP contribution in [0.5, 0.6) is 5.75 Å². The van der Waals surface area contributed by atoms with Crippen LogP contribution in [0.15, 0.2) is 24.3 Å². The second-order valence-corrected chi connectivity index (χ2v) is 6.42. The van der Waals surface area contributed by atoms with Gasteiger partial charge in [0.05, 0.1) is 39.0 Å². The normalized spacial score (nSPS) is 16.2. The summed E-state index contributed by atoms with van der Waals surface area (Å²) in [6, 6.07) is 7.61. The SMILES string of the molecule is CC[C@@H](C)NC(=O)NC(=O)C[NH+]1CCN(c2ccccc2OC)CC1. The Morgan fingerprint density at radius 1 is 1.28 bits per heavy atom. The van der Waals surface area contributed by atoms with Gasteiger partial charge in [0.15, 0.2) is 6.54 Å². The predicted molar refractivity (Wildman–Crippen MR) is 97.2 cm³/mol. The molecular weight excluding hydrogens is 320 g/mol. The molecule has 3 N–H and O–H groups in total. The number of hydrogen-bond donors (Lipinski definition) is 3. The first-order valence-corrected chi connectivity index (χ1v) is 8.85. The van der Waals surface area contributed by atoms with Gasteiger partial charge in [-0.3, -0.25) is 10.1 Å². The van der Waals surface area contributed by atoms with Crippen LogP contribution >= 0.6 is 0 Å². The number of ether oxygens (including phenoxy) is 1. The number of benzene rings is 1. The minimum Gasteiger partial charge on any atom is -0.495 e. The number of amides is 3. The van der Waals surface area contributed by atoms with Crippen molar-refractivity contribution in [2.45, 2.75) is 26.3 Å². The highest BCUT2D eigenvalue weighted by atomic mass is 16.5. The summed E-state index contributed by atoms with van der Waals surface area (Å²) >= 11 is 0. The van der Waals surface area contributed by atoms with Crippen molar-refractivity contribution in [3.8, 4) is 5.75 Å². The average molecular weight is 349 g/mol. The zero-order chi connectivity index (χ0) is 18.2. The Morgan fingerprint density at radius 3 is 2.60 bits per heavy atom. The molecule has 0 aliphatic carbocycles. The van der Waals surface area contributed by atoms with Gasteiger partial charge in [-0.1, -0.05) is 19.1 Å². The molecule has 1 saturated heterocycles. The van der Waals surface area contributed by atoms with E-state index in [1.54, 1.807) is 7.11 Å². The first-order valence-electron chi connectivity index (χ1n) is 8.85. The molecule has 0 radical (unpaired) electrons. The molecule has 1 atom stereocenters. The Balaban J connectivity index is 1.78. The van der Waals surface area contributed by atoms with Crippen molar-refractivity contribution >= 4 is 17.6 Å². The summed E-state index contributed by atoms with van der Waals surface area (Å²) in [5.41, 5.74) is 1.08. The molecular formula is C18H29N4O3+. The molecule has 138 valence electrons. The maximum Gasteiger partial charge on any atom is 0.321 e. The van der Waals surface area contributed by atoms with Crippen molar-refractivity contribution in [3.05, 3.63) is 24.3 Å². The molecule has 1 aromatic carbocycles. The first-order chi connectivity index (χ1) is 12.0. The minimum absolute atomic E-state index is 0.0598. The van der Waals surface area contributed by atoms with E-state index in [9.17, 15) is 9.59 Å². The van der Waals surface area contributed by atoms with Crippen molar-refractivity contribution < 1.29 is 19.2 Å². The third kappa shape index (κ3) is 5.63. The van der Waals surface area contributed by atoms with E-state index in [4.69, 9.17) is 4.74 Å². The molecule has 0 spiro atoms. The molecule has 1 aromatic rings. The number of para-hydroxylation sites is 2. The summed E-state index contributed by atoms with van der Waals surface area (Å²) in [7, 11) is 1.68. The lowest BCUT2D eigenvalue weighted by Crippen LogP contribution is -3.16. The van der Waals surface area contributed by atoms with Gasteiger partial charge in [-0.15, -0.1) is 0 Å². The highest BCUT2D eigenvalue weighted by Gasteiger charge is 2.24. The van der Waals surface area contributed by atoms with Crippen molar-refractivity contribution in [2.24, 2.45) is 0 Å². The molecule has 25 heavy (non-hydrogen) atoms. The van der Waals surface area contributed by atoms with Crippen LogP contribution in [0.2, 0.25) is 0 Å². The Morgan fingerprint density at radius 2 is 1.96 bits per heavy atom. The molecule has 1 aliphatic rings. The fraction of sp³-hybridized carbons (Fsp3) is 0.556. The summed E-state index contributed by atoms with van der Waals surface area (Å²) in [5, 5.41) is 5.15. The summed E-state index contributed by atoms with van der Waals surface area (Å²) in [6.07, 6.45) is 0.831. The van der Waals surface area contributed by atoms with Crippen molar-refractivity contribution in [1.29, 1.82) is 0 Å². The number of urea groups is 1. The fourth-order valence-corrected chi connectivity index (χ4v) is 2.89. The van der Waals surface area contributed by atoms with Gasteiger partial charge in [0.25, 0.3) is 5.91 Å². The minimum atomic E-state index is -0.411. The molecule has 1 heterocycles. The highest BCUT2D eigenvalue weighted by molar-refractivity contribution is 5.94. The highest BCUT2D eigenvalue weighted by Crippen LogP contribution is 2.27. The topological polar surface area (TPSA) is 75.1 Å². The molecule has 2 rings (SSSR count). The lowest BCUT2D eigenvalue weighted by atomic mass is 10.2. The van der Waals surface area contributed by atoms with Gasteiger partial charge in [-0.25, -0.2) is 4.79 Å². The molecule has 3 amide bonds. The smallest absolute Gasteiger partial charge is 0.321 e. The van der Waals surface area contributed by atoms with Crippen LogP contribution in [0.25, 0.3) is 0 Å². The van der Waals surface area contributed by atoms with Crippen molar-refractivity contribution in [1.82, 2.24) is 10.6 Å². The second kappa shape index (κ2) is 9.27. The molecule has 1 aliphatic heterocycles. The van der Waals surface area contributed by atoms with Gasteiger partial charge >= 0.3 is 6.03 Å². The van der Waals surface area contributed by atoms with E-state index in [2.05, 4.69) is 21.6 Å². The van der Waals surface area contributed by atoms with E-state index in [1.165, 1.54) is 4.90 Å². The number of quaternary nitrogens is 1. The van der Waals surface area contributed by atoms with Crippen molar-refractivity contribution in [2.75, 3.05) is 44.7 Å². The van der Waals surface area contributed by atoms with Crippen LogP contribution in [0.4, 0.5) is 10.5 Å². The molecule has 1 fully saturated rings. The number of carbonyl (C=O) groups is 2. The monoisotopic (exact) mass is 349 g/mol. The lowest BCUT2D eigenvalue weighted by Gasteiger charge is -2.33. The van der Waals surface area contributed by atoms with Crippen LogP contribution in [0.3, 0.4) is 0 Å². The number of piperazine rings is 1. The second-order valence-electron chi connectivity index (χ2n) is 6.42. The standard InChI is InChI=1S/C18H28N4O3/c1-4-14(2)19-18(24)20-17(23)13-21-9-11-22(12-10-21)15-7-5-6-8-16(15)25-3/h5-8,14H,4,9-13H2,1-3H3,(H2,19,20,23,24)/p+1/t14-/m1/s1. The zero-order valence-corrected chi connectivity index (χ0v) is 15.3. The maximum atomic E-state index is 12.0. The first kappa shape index (κ1) is 19.1. The summed E-state index contributed by atoms with van der Waals surface area (Å²) in [6.45, 7) is 7.60. The third-order valence-electron chi connectivity index (χ3n) is 4.55. The predicted octanol–water partition coefficient (Wildman–Crippen LogP) is 0.0244. The number of methoxy groups -OCH3 is 1. The lowest BCUT2D eigenvalue weighted by molar-refractivity contribution is -0.892. The Kier molecular flexibility index (Phi) is 7.06. The molecule has 0 saturated carbocycles. The van der Waals surface area contributed by atoms with Crippen LogP contribution < -0.4 is 25.2 Å². The largest absolute Gasteiger partial charge is 0.495 e. The Bertz CT molecular complexity index is 585. The number of hydrogen-bond acceptors (Lipinski definition) is 4. The van der Waals surface area contributed by atoms with E-state index < -0.39 is 6.03 Å².